The highest BCUT2D eigenvalue weighted by molar-refractivity contribution is 9.10. The fraction of sp³-hybridized carbons (Fsp3) is 0.400. The summed E-state index contributed by atoms with van der Waals surface area (Å²) in [6, 6.07) is 16.4. The Labute approximate surface area is 152 Å². The van der Waals surface area contributed by atoms with Gasteiger partial charge in [-0.1, -0.05) is 35.0 Å². The van der Waals surface area contributed by atoms with Gasteiger partial charge < -0.3 is 9.47 Å². The van der Waals surface area contributed by atoms with Crippen LogP contribution in [0.4, 0.5) is 0 Å². The van der Waals surface area contributed by atoms with Crippen LogP contribution >= 0.6 is 15.9 Å². The minimum absolute atomic E-state index is 0.551. The standard InChI is InChI=1S/C20H24BrNO2/c1-16(10-11-22-12-14-23-15-13-22)17-2-6-19(7-3-17)24-20-8-4-18(21)5-9-20/h2-9,16H,10-15H2,1H3. The van der Waals surface area contributed by atoms with Gasteiger partial charge in [0.2, 0.25) is 0 Å². The van der Waals surface area contributed by atoms with Gasteiger partial charge in [0.05, 0.1) is 13.2 Å². The first-order valence-electron chi connectivity index (χ1n) is 8.54. The molecule has 0 bridgehead atoms. The third-order valence-corrected chi connectivity index (χ3v) is 5.01. The van der Waals surface area contributed by atoms with Crippen LogP contribution < -0.4 is 4.74 Å². The third kappa shape index (κ3) is 5.07. The molecule has 3 rings (SSSR count). The molecule has 1 aliphatic rings. The molecule has 0 aliphatic carbocycles. The maximum atomic E-state index is 5.88. The van der Waals surface area contributed by atoms with Crippen LogP contribution in [0.5, 0.6) is 11.5 Å². The first kappa shape index (κ1) is 17.5. The van der Waals surface area contributed by atoms with Crippen LogP contribution in [0, 0.1) is 0 Å². The average molecular weight is 390 g/mol. The summed E-state index contributed by atoms with van der Waals surface area (Å²) in [5, 5.41) is 0. The molecule has 1 fully saturated rings. The summed E-state index contributed by atoms with van der Waals surface area (Å²) in [6.07, 6.45) is 1.17. The number of rotatable bonds is 6. The smallest absolute Gasteiger partial charge is 0.127 e. The number of halogens is 1. The molecule has 2 aromatic carbocycles. The van der Waals surface area contributed by atoms with Crippen molar-refractivity contribution in [3.05, 3.63) is 58.6 Å². The number of benzene rings is 2. The topological polar surface area (TPSA) is 21.7 Å². The van der Waals surface area contributed by atoms with Gasteiger partial charge in [-0.15, -0.1) is 0 Å². The first-order chi connectivity index (χ1) is 11.7. The zero-order chi connectivity index (χ0) is 16.8. The lowest BCUT2D eigenvalue weighted by molar-refractivity contribution is 0.0367. The van der Waals surface area contributed by atoms with E-state index in [0.29, 0.717) is 5.92 Å². The van der Waals surface area contributed by atoms with E-state index in [4.69, 9.17) is 9.47 Å². The van der Waals surface area contributed by atoms with Crippen molar-refractivity contribution in [1.82, 2.24) is 4.90 Å². The van der Waals surface area contributed by atoms with E-state index in [9.17, 15) is 0 Å². The van der Waals surface area contributed by atoms with Crippen LogP contribution in [0.2, 0.25) is 0 Å². The van der Waals surface area contributed by atoms with Crippen LogP contribution in [0.3, 0.4) is 0 Å². The van der Waals surface area contributed by atoms with E-state index >= 15 is 0 Å². The second-order valence-electron chi connectivity index (χ2n) is 6.27. The minimum atomic E-state index is 0.551. The third-order valence-electron chi connectivity index (χ3n) is 4.48. The predicted molar refractivity (Wildman–Crippen MR) is 101 cm³/mol. The van der Waals surface area contributed by atoms with Crippen molar-refractivity contribution in [3.63, 3.8) is 0 Å². The molecule has 0 amide bonds. The van der Waals surface area contributed by atoms with Crippen molar-refractivity contribution in [2.75, 3.05) is 32.8 Å². The van der Waals surface area contributed by atoms with Crippen LogP contribution in [0.15, 0.2) is 53.0 Å². The molecular formula is C20H24BrNO2. The zero-order valence-electron chi connectivity index (χ0n) is 14.1. The summed E-state index contributed by atoms with van der Waals surface area (Å²) < 4.78 is 12.3. The van der Waals surface area contributed by atoms with Crippen molar-refractivity contribution >= 4 is 15.9 Å². The lowest BCUT2D eigenvalue weighted by atomic mass is 9.97. The minimum Gasteiger partial charge on any atom is -0.457 e. The summed E-state index contributed by atoms with van der Waals surface area (Å²) >= 11 is 3.43. The highest BCUT2D eigenvalue weighted by Crippen LogP contribution is 2.26. The van der Waals surface area contributed by atoms with Crippen molar-refractivity contribution in [1.29, 1.82) is 0 Å². The number of ether oxygens (including phenoxy) is 2. The van der Waals surface area contributed by atoms with E-state index in [1.54, 1.807) is 0 Å². The van der Waals surface area contributed by atoms with Crippen molar-refractivity contribution in [2.24, 2.45) is 0 Å². The molecule has 128 valence electrons. The number of morpholine rings is 1. The molecule has 0 aromatic heterocycles. The Kier molecular flexibility index (Phi) is 6.30. The molecule has 1 saturated heterocycles. The van der Waals surface area contributed by atoms with E-state index in [2.05, 4.69) is 52.0 Å². The molecule has 0 saturated carbocycles. The van der Waals surface area contributed by atoms with Crippen molar-refractivity contribution in [3.8, 4) is 11.5 Å². The van der Waals surface area contributed by atoms with Gasteiger partial charge in [-0.05, 0) is 60.8 Å². The van der Waals surface area contributed by atoms with Crippen LogP contribution in [-0.2, 0) is 4.74 Å². The summed E-state index contributed by atoms with van der Waals surface area (Å²) in [5.74, 6) is 2.28. The van der Waals surface area contributed by atoms with Gasteiger partial charge in [0, 0.05) is 17.6 Å². The fourth-order valence-corrected chi connectivity index (χ4v) is 3.14. The quantitative estimate of drug-likeness (QED) is 0.688. The van der Waals surface area contributed by atoms with E-state index in [1.807, 2.05) is 24.3 Å². The lowest BCUT2D eigenvalue weighted by Crippen LogP contribution is -2.37. The second-order valence-corrected chi connectivity index (χ2v) is 7.18. The molecule has 0 spiro atoms. The van der Waals surface area contributed by atoms with Gasteiger partial charge in [0.15, 0.2) is 0 Å². The fourth-order valence-electron chi connectivity index (χ4n) is 2.87. The molecular weight excluding hydrogens is 366 g/mol. The first-order valence-corrected chi connectivity index (χ1v) is 9.33. The van der Waals surface area contributed by atoms with Gasteiger partial charge >= 0.3 is 0 Å². The summed E-state index contributed by atoms with van der Waals surface area (Å²) in [4.78, 5) is 2.49. The molecule has 1 aliphatic heterocycles. The second kappa shape index (κ2) is 8.65. The Bertz CT molecular complexity index is 621. The predicted octanol–water partition coefficient (Wildman–Crippen LogP) is 5.07. The molecule has 0 N–H and O–H groups in total. The Balaban J connectivity index is 1.52. The van der Waals surface area contributed by atoms with Crippen LogP contribution in [0.1, 0.15) is 24.8 Å². The molecule has 3 nitrogen and oxygen atoms in total. The van der Waals surface area contributed by atoms with E-state index in [-0.39, 0.29) is 0 Å². The van der Waals surface area contributed by atoms with Gasteiger partial charge in [-0.2, -0.15) is 0 Å². The molecule has 4 heteroatoms. The van der Waals surface area contributed by atoms with Gasteiger partial charge in [-0.3, -0.25) is 4.90 Å². The van der Waals surface area contributed by atoms with E-state index in [0.717, 1.165) is 48.8 Å². The monoisotopic (exact) mass is 389 g/mol. The van der Waals surface area contributed by atoms with Gasteiger partial charge in [0.25, 0.3) is 0 Å². The SMILES string of the molecule is CC(CCN1CCOCC1)c1ccc(Oc2ccc(Br)cc2)cc1. The largest absolute Gasteiger partial charge is 0.457 e. The average Bonchev–Trinajstić information content (AvgIpc) is 2.63. The summed E-state index contributed by atoms with van der Waals surface area (Å²) in [5.41, 5.74) is 1.37. The zero-order valence-corrected chi connectivity index (χ0v) is 15.7. The molecule has 24 heavy (non-hydrogen) atoms. The van der Waals surface area contributed by atoms with E-state index in [1.165, 1.54) is 12.0 Å². The van der Waals surface area contributed by atoms with Crippen LogP contribution in [-0.4, -0.2) is 37.7 Å². The maximum Gasteiger partial charge on any atom is 0.127 e. The van der Waals surface area contributed by atoms with Gasteiger partial charge in [-0.25, -0.2) is 0 Å². The Morgan fingerprint density at radius 3 is 2.21 bits per heavy atom. The number of nitrogens with zero attached hydrogens (tertiary/aromatic N) is 1. The Morgan fingerprint density at radius 1 is 1.00 bits per heavy atom. The molecule has 1 atom stereocenters. The van der Waals surface area contributed by atoms with Gasteiger partial charge in [0.1, 0.15) is 11.5 Å². The summed E-state index contributed by atoms with van der Waals surface area (Å²) in [6.45, 7) is 7.30. The highest BCUT2D eigenvalue weighted by atomic mass is 79.9. The number of hydrogen-bond acceptors (Lipinski definition) is 3. The molecule has 1 unspecified atom stereocenters. The van der Waals surface area contributed by atoms with Crippen molar-refractivity contribution < 1.29 is 9.47 Å². The maximum absolute atomic E-state index is 5.88. The Morgan fingerprint density at radius 2 is 1.58 bits per heavy atom. The normalized spacial score (nSPS) is 16.8. The lowest BCUT2D eigenvalue weighted by Gasteiger charge is -2.27. The molecule has 2 aromatic rings. The van der Waals surface area contributed by atoms with Crippen LogP contribution in [0.25, 0.3) is 0 Å². The summed E-state index contributed by atoms with van der Waals surface area (Å²) in [7, 11) is 0. The molecule has 0 radical (unpaired) electrons. The highest BCUT2D eigenvalue weighted by Gasteiger charge is 2.12. The Hall–Kier alpha value is -1.36. The van der Waals surface area contributed by atoms with E-state index < -0.39 is 0 Å². The molecule has 1 heterocycles. The van der Waals surface area contributed by atoms with Crippen molar-refractivity contribution in [2.45, 2.75) is 19.3 Å². The number of hydrogen-bond donors (Lipinski definition) is 0.